The first-order valence-corrected chi connectivity index (χ1v) is 16.8. The fourth-order valence-corrected chi connectivity index (χ4v) is 7.43. The van der Waals surface area contributed by atoms with E-state index in [0.717, 1.165) is 36.4 Å². The molecule has 0 N–H and O–H groups in total. The molecule has 0 aliphatic rings. The standard InChI is InChI=1S/C43H23F9N4/c1-22-3-8-30-32-11-6-27(42(47,48)49)18-39(32)55(35(30)13-22)37-16-24(29-10-5-26(41(44,45)46)15-25(29)20-53)17-38(34(37)21-54)56-36-14-23(2)4-9-31(36)33-12-7-28(19-40(33)56)43(50,51)52/h3-19H,1-2H3. The van der Waals surface area contributed by atoms with Crippen molar-refractivity contribution in [1.29, 1.82) is 10.5 Å². The monoisotopic (exact) mass is 766 g/mol. The second kappa shape index (κ2) is 12.4. The number of aromatic nitrogens is 2. The van der Waals surface area contributed by atoms with E-state index in [9.17, 15) is 50.0 Å². The summed E-state index contributed by atoms with van der Waals surface area (Å²) in [5, 5.41) is 23.0. The summed E-state index contributed by atoms with van der Waals surface area (Å²) in [5.41, 5.74) is -1.43. The summed E-state index contributed by atoms with van der Waals surface area (Å²) in [6, 6.07) is 25.9. The zero-order valence-corrected chi connectivity index (χ0v) is 29.0. The molecule has 0 atom stereocenters. The molecule has 0 fully saturated rings. The maximum Gasteiger partial charge on any atom is 0.416 e. The number of aryl methyl sites for hydroxylation is 2. The molecule has 0 aliphatic carbocycles. The zero-order chi connectivity index (χ0) is 40.1. The van der Waals surface area contributed by atoms with Crippen LogP contribution >= 0.6 is 0 Å². The van der Waals surface area contributed by atoms with Crippen LogP contribution in [0, 0.1) is 36.5 Å². The van der Waals surface area contributed by atoms with Crippen molar-refractivity contribution < 1.29 is 39.5 Å². The molecule has 0 spiro atoms. The molecule has 2 aromatic heterocycles. The van der Waals surface area contributed by atoms with Gasteiger partial charge in [-0.05, 0) is 96.8 Å². The van der Waals surface area contributed by atoms with Crippen molar-refractivity contribution >= 4 is 43.6 Å². The molecule has 0 aliphatic heterocycles. The van der Waals surface area contributed by atoms with Crippen molar-refractivity contribution in [2.24, 2.45) is 0 Å². The van der Waals surface area contributed by atoms with Gasteiger partial charge in [0.25, 0.3) is 0 Å². The fraction of sp³-hybridized carbons (Fsp3) is 0.116. The third-order valence-corrected chi connectivity index (χ3v) is 9.97. The van der Waals surface area contributed by atoms with Crippen LogP contribution in [0.4, 0.5) is 39.5 Å². The second-order valence-electron chi connectivity index (χ2n) is 13.5. The van der Waals surface area contributed by atoms with Gasteiger partial charge in [-0.1, -0.05) is 42.5 Å². The van der Waals surface area contributed by atoms with Gasteiger partial charge in [-0.3, -0.25) is 0 Å². The Balaban J connectivity index is 1.59. The van der Waals surface area contributed by atoms with Gasteiger partial charge in [0.15, 0.2) is 0 Å². The van der Waals surface area contributed by atoms with Crippen LogP contribution in [0.5, 0.6) is 0 Å². The maximum atomic E-state index is 14.2. The minimum absolute atomic E-state index is 0.0200. The van der Waals surface area contributed by atoms with Crippen LogP contribution in [0.1, 0.15) is 38.9 Å². The van der Waals surface area contributed by atoms with E-state index >= 15 is 0 Å². The largest absolute Gasteiger partial charge is 0.416 e. The molecular formula is C43H23F9N4. The van der Waals surface area contributed by atoms with E-state index in [0.29, 0.717) is 49.8 Å². The van der Waals surface area contributed by atoms with E-state index in [1.165, 1.54) is 33.4 Å². The highest BCUT2D eigenvalue weighted by Gasteiger charge is 2.34. The molecule has 56 heavy (non-hydrogen) atoms. The van der Waals surface area contributed by atoms with Gasteiger partial charge in [-0.2, -0.15) is 50.0 Å². The number of nitriles is 2. The van der Waals surface area contributed by atoms with Crippen molar-refractivity contribution in [3.63, 3.8) is 0 Å². The number of alkyl halides is 9. The maximum absolute atomic E-state index is 14.2. The Labute approximate surface area is 311 Å². The lowest BCUT2D eigenvalue weighted by molar-refractivity contribution is -0.138. The van der Waals surface area contributed by atoms with Crippen molar-refractivity contribution in [3.8, 4) is 34.6 Å². The molecule has 13 heteroatoms. The SMILES string of the molecule is Cc1ccc2c3ccc(C(F)(F)F)cc3n(-c3cc(-c4ccc(C(F)(F)F)cc4C#N)cc(-n4c5cc(C)ccc5c5ccc(C(F)(F)F)cc54)c3C#N)c2c1. The van der Waals surface area contributed by atoms with Gasteiger partial charge in [0.05, 0.1) is 61.8 Å². The lowest BCUT2D eigenvalue weighted by Crippen LogP contribution is -2.08. The van der Waals surface area contributed by atoms with E-state index in [4.69, 9.17) is 0 Å². The normalized spacial score (nSPS) is 12.5. The van der Waals surface area contributed by atoms with Crippen LogP contribution in [-0.4, -0.2) is 9.13 Å². The number of benzene rings is 6. The van der Waals surface area contributed by atoms with Crippen LogP contribution in [-0.2, 0) is 18.5 Å². The first-order chi connectivity index (χ1) is 26.4. The highest BCUT2D eigenvalue weighted by atomic mass is 19.4. The molecule has 0 amide bonds. The van der Waals surface area contributed by atoms with Crippen molar-refractivity contribution in [1.82, 2.24) is 9.13 Å². The van der Waals surface area contributed by atoms with Crippen molar-refractivity contribution in [2.45, 2.75) is 32.4 Å². The van der Waals surface area contributed by atoms with Gasteiger partial charge in [0.2, 0.25) is 0 Å². The molecule has 0 bridgehead atoms. The summed E-state index contributed by atoms with van der Waals surface area (Å²) in [4.78, 5) is 0. The summed E-state index contributed by atoms with van der Waals surface area (Å²) in [5.74, 6) is 0. The lowest BCUT2D eigenvalue weighted by Gasteiger charge is -2.19. The fourth-order valence-electron chi connectivity index (χ4n) is 7.43. The predicted molar refractivity (Wildman–Crippen MR) is 194 cm³/mol. The van der Waals surface area contributed by atoms with Gasteiger partial charge >= 0.3 is 18.5 Å². The third-order valence-electron chi connectivity index (χ3n) is 9.97. The predicted octanol–water partition coefficient (Wildman–Crippen LogP) is 13.0. The van der Waals surface area contributed by atoms with Crippen LogP contribution in [0.2, 0.25) is 0 Å². The average molecular weight is 767 g/mol. The summed E-state index contributed by atoms with van der Waals surface area (Å²) >= 11 is 0. The molecule has 0 unspecified atom stereocenters. The lowest BCUT2D eigenvalue weighted by atomic mass is 9.95. The van der Waals surface area contributed by atoms with Gasteiger partial charge in [-0.15, -0.1) is 0 Å². The number of fused-ring (bicyclic) bond motifs is 6. The van der Waals surface area contributed by atoms with E-state index in [1.54, 1.807) is 56.3 Å². The molecular weight excluding hydrogens is 743 g/mol. The quantitative estimate of drug-likeness (QED) is 0.168. The smallest absolute Gasteiger partial charge is 0.308 e. The van der Waals surface area contributed by atoms with Gasteiger partial charge < -0.3 is 9.13 Å². The Morgan fingerprint density at radius 3 is 1.21 bits per heavy atom. The highest BCUT2D eigenvalue weighted by molar-refractivity contribution is 6.11. The van der Waals surface area contributed by atoms with Gasteiger partial charge in [0.1, 0.15) is 11.6 Å². The molecule has 8 rings (SSSR count). The first kappa shape index (κ1) is 36.3. The Morgan fingerprint density at radius 1 is 0.446 bits per heavy atom. The summed E-state index contributed by atoms with van der Waals surface area (Å²) in [6.45, 7) is 3.52. The van der Waals surface area contributed by atoms with Crippen LogP contribution < -0.4 is 0 Å². The van der Waals surface area contributed by atoms with Crippen molar-refractivity contribution in [2.75, 3.05) is 0 Å². The molecule has 0 saturated heterocycles. The second-order valence-corrected chi connectivity index (χ2v) is 13.5. The van der Waals surface area contributed by atoms with Crippen molar-refractivity contribution in [3.05, 3.63) is 142 Å². The number of hydrogen-bond donors (Lipinski definition) is 0. The molecule has 6 aromatic carbocycles. The Bertz CT molecular complexity index is 2880. The zero-order valence-electron chi connectivity index (χ0n) is 29.0. The van der Waals surface area contributed by atoms with Crippen LogP contribution in [0.15, 0.2) is 103 Å². The van der Waals surface area contributed by atoms with Gasteiger partial charge in [-0.25, -0.2) is 0 Å². The Hall–Kier alpha value is -6.73. The minimum Gasteiger partial charge on any atom is -0.308 e. The van der Waals surface area contributed by atoms with E-state index in [1.807, 2.05) is 0 Å². The van der Waals surface area contributed by atoms with E-state index < -0.39 is 40.8 Å². The minimum atomic E-state index is -4.81. The molecule has 0 radical (unpaired) electrons. The highest BCUT2D eigenvalue weighted by Crippen LogP contribution is 2.44. The first-order valence-electron chi connectivity index (χ1n) is 16.8. The van der Waals surface area contributed by atoms with E-state index in [2.05, 4.69) is 6.07 Å². The summed E-state index contributed by atoms with van der Waals surface area (Å²) in [7, 11) is 0. The molecule has 8 aromatic rings. The van der Waals surface area contributed by atoms with Crippen LogP contribution in [0.25, 0.3) is 66.1 Å². The number of nitrogens with zero attached hydrogens (tertiary/aromatic N) is 4. The third kappa shape index (κ3) is 5.78. The number of rotatable bonds is 3. The molecule has 2 heterocycles. The number of hydrogen-bond acceptors (Lipinski definition) is 2. The molecule has 0 saturated carbocycles. The number of halogens is 9. The van der Waals surface area contributed by atoms with Gasteiger partial charge in [0, 0.05) is 21.5 Å². The van der Waals surface area contributed by atoms with Crippen LogP contribution in [0.3, 0.4) is 0 Å². The summed E-state index contributed by atoms with van der Waals surface area (Å²) < 4.78 is 130. The Kier molecular flexibility index (Phi) is 8.03. The topological polar surface area (TPSA) is 57.4 Å². The van der Waals surface area contributed by atoms with E-state index in [-0.39, 0.29) is 39.1 Å². The average Bonchev–Trinajstić information content (AvgIpc) is 3.63. The Morgan fingerprint density at radius 2 is 0.821 bits per heavy atom. The molecule has 4 nitrogen and oxygen atoms in total. The summed E-state index contributed by atoms with van der Waals surface area (Å²) in [6.07, 6.45) is -14.3. The molecule has 278 valence electrons.